The molecule has 0 bridgehead atoms. The summed E-state index contributed by atoms with van der Waals surface area (Å²) in [5.74, 6) is 1.93. The molecule has 0 unspecified atom stereocenters. The molecule has 1 aliphatic rings. The fourth-order valence-electron chi connectivity index (χ4n) is 3.55. The molecule has 2 heterocycles. The van der Waals surface area contributed by atoms with E-state index in [0.29, 0.717) is 42.4 Å². The van der Waals surface area contributed by atoms with Crippen molar-refractivity contribution >= 4 is 22.7 Å². The second-order valence-corrected chi connectivity index (χ2v) is 7.26. The van der Waals surface area contributed by atoms with Crippen LogP contribution in [0.1, 0.15) is 25.7 Å². The molecular formula is C21H26N6O3. The SMILES string of the molecule is COCCOc1cnc(NC2CCC(Oc3cc(N)cc4nccnc34)CC2)nc1. The number of anilines is 2. The van der Waals surface area contributed by atoms with E-state index >= 15 is 0 Å². The van der Waals surface area contributed by atoms with Gasteiger partial charge in [0.1, 0.15) is 17.9 Å². The third-order valence-electron chi connectivity index (χ3n) is 5.05. The molecule has 1 saturated carbocycles. The lowest BCUT2D eigenvalue weighted by Crippen LogP contribution is -2.31. The van der Waals surface area contributed by atoms with Gasteiger partial charge in [-0.1, -0.05) is 0 Å². The normalized spacial score (nSPS) is 18.8. The number of nitrogen functional groups attached to an aromatic ring is 1. The molecule has 0 saturated heterocycles. The van der Waals surface area contributed by atoms with E-state index in [2.05, 4.69) is 25.3 Å². The summed E-state index contributed by atoms with van der Waals surface area (Å²) >= 11 is 0. The molecule has 9 heteroatoms. The van der Waals surface area contributed by atoms with Crippen LogP contribution in [-0.2, 0) is 4.74 Å². The van der Waals surface area contributed by atoms with E-state index in [4.69, 9.17) is 19.9 Å². The van der Waals surface area contributed by atoms with Gasteiger partial charge in [-0.2, -0.15) is 0 Å². The third kappa shape index (κ3) is 5.04. The van der Waals surface area contributed by atoms with E-state index in [9.17, 15) is 0 Å². The fourth-order valence-corrected chi connectivity index (χ4v) is 3.55. The number of fused-ring (bicyclic) bond motifs is 1. The van der Waals surface area contributed by atoms with Crippen molar-refractivity contribution in [1.29, 1.82) is 0 Å². The van der Waals surface area contributed by atoms with Crippen LogP contribution in [0, 0.1) is 0 Å². The number of ether oxygens (including phenoxy) is 3. The van der Waals surface area contributed by atoms with Crippen LogP contribution in [0.4, 0.5) is 11.6 Å². The summed E-state index contributed by atoms with van der Waals surface area (Å²) in [6.07, 6.45) is 10.6. The number of benzene rings is 1. The van der Waals surface area contributed by atoms with Gasteiger partial charge >= 0.3 is 0 Å². The van der Waals surface area contributed by atoms with Crippen molar-refractivity contribution in [3.05, 3.63) is 36.9 Å². The summed E-state index contributed by atoms with van der Waals surface area (Å²) in [5, 5.41) is 3.40. The van der Waals surface area contributed by atoms with Crippen molar-refractivity contribution in [2.24, 2.45) is 0 Å². The van der Waals surface area contributed by atoms with E-state index in [-0.39, 0.29) is 6.10 Å². The number of hydrogen-bond donors (Lipinski definition) is 2. The van der Waals surface area contributed by atoms with Gasteiger partial charge in [-0.25, -0.2) is 15.0 Å². The highest BCUT2D eigenvalue weighted by atomic mass is 16.5. The molecule has 2 aromatic heterocycles. The second kappa shape index (κ2) is 9.53. The lowest BCUT2D eigenvalue weighted by atomic mass is 9.93. The highest BCUT2D eigenvalue weighted by Gasteiger charge is 2.24. The molecule has 4 rings (SSSR count). The molecule has 0 aliphatic heterocycles. The predicted octanol–water partition coefficient (Wildman–Crippen LogP) is 2.83. The Morgan fingerprint density at radius 2 is 1.77 bits per heavy atom. The van der Waals surface area contributed by atoms with Crippen LogP contribution < -0.4 is 20.5 Å². The first kappa shape index (κ1) is 20.1. The Bertz CT molecular complexity index is 961. The molecule has 3 N–H and O–H groups in total. The van der Waals surface area contributed by atoms with Crippen LogP contribution in [-0.4, -0.2) is 52.4 Å². The Hall–Kier alpha value is -3.20. The van der Waals surface area contributed by atoms with Crippen LogP contribution in [0.3, 0.4) is 0 Å². The number of nitrogens with zero attached hydrogens (tertiary/aromatic N) is 4. The second-order valence-electron chi connectivity index (χ2n) is 7.26. The Morgan fingerprint density at radius 3 is 2.53 bits per heavy atom. The predicted molar refractivity (Wildman–Crippen MR) is 114 cm³/mol. The van der Waals surface area contributed by atoms with Gasteiger partial charge in [-0.05, 0) is 31.7 Å². The third-order valence-corrected chi connectivity index (χ3v) is 5.05. The van der Waals surface area contributed by atoms with Crippen LogP contribution in [0.2, 0.25) is 0 Å². The topological polar surface area (TPSA) is 117 Å². The average molecular weight is 410 g/mol. The highest BCUT2D eigenvalue weighted by Crippen LogP contribution is 2.30. The minimum absolute atomic E-state index is 0.118. The van der Waals surface area contributed by atoms with Gasteiger partial charge in [0, 0.05) is 37.3 Å². The zero-order valence-electron chi connectivity index (χ0n) is 17.0. The first-order chi connectivity index (χ1) is 14.7. The molecule has 1 fully saturated rings. The van der Waals surface area contributed by atoms with E-state index in [0.717, 1.165) is 36.7 Å². The van der Waals surface area contributed by atoms with Crippen LogP contribution in [0.25, 0.3) is 11.0 Å². The molecule has 0 amide bonds. The standard InChI is InChI=1S/C21H26N6O3/c1-28-8-9-29-17-12-25-21(26-13-17)27-15-2-4-16(5-3-15)30-19-11-14(22)10-18-20(19)24-7-6-23-18/h6-7,10-13,15-16H,2-5,8-9,22H2,1H3,(H,25,26,27). The number of nitrogens with one attached hydrogen (secondary N) is 1. The number of methoxy groups -OCH3 is 1. The number of aromatic nitrogens is 4. The Kier molecular flexibility index (Phi) is 6.38. The summed E-state index contributed by atoms with van der Waals surface area (Å²) in [7, 11) is 1.64. The van der Waals surface area contributed by atoms with E-state index in [1.807, 2.05) is 12.1 Å². The van der Waals surface area contributed by atoms with Crippen LogP contribution >= 0.6 is 0 Å². The monoisotopic (exact) mass is 410 g/mol. The zero-order chi connectivity index (χ0) is 20.8. The Morgan fingerprint density at radius 1 is 1.00 bits per heavy atom. The van der Waals surface area contributed by atoms with Crippen LogP contribution in [0.5, 0.6) is 11.5 Å². The van der Waals surface area contributed by atoms with Gasteiger partial charge < -0.3 is 25.3 Å². The summed E-state index contributed by atoms with van der Waals surface area (Å²) in [5.41, 5.74) is 8.11. The number of nitrogens with two attached hydrogens (primary N) is 1. The van der Waals surface area contributed by atoms with Gasteiger partial charge in [-0.15, -0.1) is 0 Å². The molecule has 9 nitrogen and oxygen atoms in total. The van der Waals surface area contributed by atoms with Crippen molar-refractivity contribution in [2.45, 2.75) is 37.8 Å². The van der Waals surface area contributed by atoms with Crippen molar-refractivity contribution in [1.82, 2.24) is 19.9 Å². The van der Waals surface area contributed by atoms with Crippen LogP contribution in [0.15, 0.2) is 36.9 Å². The Labute approximate surface area is 175 Å². The number of rotatable bonds is 8. The maximum Gasteiger partial charge on any atom is 0.223 e. The Balaban J connectivity index is 1.29. The van der Waals surface area contributed by atoms with Gasteiger partial charge in [-0.3, -0.25) is 4.98 Å². The molecule has 1 aliphatic carbocycles. The maximum absolute atomic E-state index is 6.24. The summed E-state index contributed by atoms with van der Waals surface area (Å²) in [6.45, 7) is 1.01. The zero-order valence-corrected chi connectivity index (χ0v) is 17.0. The molecule has 30 heavy (non-hydrogen) atoms. The first-order valence-corrected chi connectivity index (χ1v) is 10.1. The maximum atomic E-state index is 6.24. The van der Waals surface area contributed by atoms with Crippen molar-refractivity contribution in [3.63, 3.8) is 0 Å². The fraction of sp³-hybridized carbons (Fsp3) is 0.429. The summed E-state index contributed by atoms with van der Waals surface area (Å²) < 4.78 is 16.7. The summed E-state index contributed by atoms with van der Waals surface area (Å²) in [6, 6.07) is 3.94. The van der Waals surface area contributed by atoms with Gasteiger partial charge in [0.15, 0.2) is 5.75 Å². The average Bonchev–Trinajstić information content (AvgIpc) is 2.76. The smallest absolute Gasteiger partial charge is 0.223 e. The first-order valence-electron chi connectivity index (χ1n) is 10.1. The van der Waals surface area contributed by atoms with E-state index in [1.165, 1.54) is 0 Å². The quantitative estimate of drug-likeness (QED) is 0.427. The van der Waals surface area contributed by atoms with E-state index < -0.39 is 0 Å². The highest BCUT2D eigenvalue weighted by molar-refractivity contribution is 5.84. The molecule has 0 spiro atoms. The lowest BCUT2D eigenvalue weighted by Gasteiger charge is -2.29. The molecule has 0 radical (unpaired) electrons. The molecule has 158 valence electrons. The molecule has 3 aromatic rings. The van der Waals surface area contributed by atoms with Crippen molar-refractivity contribution in [2.75, 3.05) is 31.4 Å². The van der Waals surface area contributed by atoms with Gasteiger partial charge in [0.05, 0.1) is 30.6 Å². The molecular weight excluding hydrogens is 384 g/mol. The summed E-state index contributed by atoms with van der Waals surface area (Å²) in [4.78, 5) is 17.4. The van der Waals surface area contributed by atoms with Crippen molar-refractivity contribution in [3.8, 4) is 11.5 Å². The number of hydrogen-bond acceptors (Lipinski definition) is 9. The van der Waals surface area contributed by atoms with Crippen molar-refractivity contribution < 1.29 is 14.2 Å². The molecule has 0 atom stereocenters. The van der Waals surface area contributed by atoms with E-state index in [1.54, 1.807) is 31.9 Å². The largest absolute Gasteiger partial charge is 0.488 e. The minimum Gasteiger partial charge on any atom is -0.488 e. The van der Waals surface area contributed by atoms with Gasteiger partial charge in [0.25, 0.3) is 0 Å². The lowest BCUT2D eigenvalue weighted by molar-refractivity contribution is 0.146. The van der Waals surface area contributed by atoms with Gasteiger partial charge in [0.2, 0.25) is 5.95 Å². The molecule has 1 aromatic carbocycles. The minimum atomic E-state index is 0.118.